The Labute approximate surface area is 220 Å². The molecule has 0 fully saturated rings. The molecule has 5 rings (SSSR count). The lowest BCUT2D eigenvalue weighted by atomic mass is 10.0. The van der Waals surface area contributed by atoms with Crippen molar-refractivity contribution >= 4 is 39.9 Å². The van der Waals surface area contributed by atoms with Gasteiger partial charge in [-0.15, -0.1) is 0 Å². The van der Waals surface area contributed by atoms with Gasteiger partial charge in [-0.1, -0.05) is 23.7 Å². The van der Waals surface area contributed by atoms with Crippen LogP contribution in [0.5, 0.6) is 17.2 Å². The minimum Gasteiger partial charge on any atom is -0.497 e. The van der Waals surface area contributed by atoms with Gasteiger partial charge in [0.1, 0.15) is 28.0 Å². The number of aromatic nitrogens is 3. The van der Waals surface area contributed by atoms with Gasteiger partial charge in [-0.2, -0.15) is 0 Å². The van der Waals surface area contributed by atoms with Crippen LogP contribution in [0.1, 0.15) is 10.5 Å². The minimum absolute atomic E-state index is 0.0170. The van der Waals surface area contributed by atoms with Crippen LogP contribution in [0.25, 0.3) is 22.0 Å². The van der Waals surface area contributed by atoms with Crippen molar-refractivity contribution < 1.29 is 18.7 Å². The molecule has 0 radical (unpaired) electrons. The molecule has 0 saturated carbocycles. The van der Waals surface area contributed by atoms with Crippen LogP contribution in [0, 0.1) is 5.82 Å². The fourth-order valence-corrected chi connectivity index (χ4v) is 4.08. The lowest BCUT2D eigenvalue weighted by Crippen LogP contribution is -2.13. The number of halogens is 2. The van der Waals surface area contributed by atoms with Crippen LogP contribution in [0.3, 0.4) is 0 Å². The standard InChI is InChI=1S/C27H19ClFN5O4/c1-37-16-5-2-14(3-6-16)17-13-33-19-8-10-32-27(22(19)25(17)35)34-15-4-7-20(18(29)12-15)38-21-9-11-31-24(23(21)28)26(30)36/h2-13H,1H3,(H2,30,36)(H,32,34)(H,33,35). The van der Waals surface area contributed by atoms with Crippen molar-refractivity contribution in [3.05, 3.63) is 99.9 Å². The molecule has 5 aromatic rings. The van der Waals surface area contributed by atoms with Crippen molar-refractivity contribution in [2.24, 2.45) is 5.73 Å². The first kappa shape index (κ1) is 24.7. The van der Waals surface area contributed by atoms with Gasteiger partial charge in [0.25, 0.3) is 5.91 Å². The number of ether oxygens (including phenoxy) is 2. The zero-order valence-corrected chi connectivity index (χ0v) is 20.5. The van der Waals surface area contributed by atoms with Gasteiger partial charge in [0.05, 0.1) is 18.0 Å². The van der Waals surface area contributed by atoms with Crippen molar-refractivity contribution in [3.63, 3.8) is 0 Å². The first-order valence-corrected chi connectivity index (χ1v) is 11.6. The van der Waals surface area contributed by atoms with Crippen LogP contribution in [-0.2, 0) is 0 Å². The number of hydrogen-bond acceptors (Lipinski definition) is 7. The van der Waals surface area contributed by atoms with Crippen LogP contribution >= 0.6 is 11.6 Å². The monoisotopic (exact) mass is 531 g/mol. The Morgan fingerprint density at radius 2 is 1.82 bits per heavy atom. The van der Waals surface area contributed by atoms with E-state index in [1.807, 2.05) is 0 Å². The highest BCUT2D eigenvalue weighted by Crippen LogP contribution is 2.34. The summed E-state index contributed by atoms with van der Waals surface area (Å²) in [5, 5.41) is 3.19. The molecule has 0 unspecified atom stereocenters. The van der Waals surface area contributed by atoms with E-state index in [2.05, 4.69) is 20.3 Å². The van der Waals surface area contributed by atoms with E-state index in [4.69, 9.17) is 26.8 Å². The van der Waals surface area contributed by atoms with Crippen LogP contribution in [-0.4, -0.2) is 28.0 Å². The number of H-pyrrole nitrogens is 1. The molecule has 11 heteroatoms. The van der Waals surface area contributed by atoms with E-state index < -0.39 is 11.7 Å². The van der Waals surface area contributed by atoms with E-state index in [0.29, 0.717) is 33.5 Å². The highest BCUT2D eigenvalue weighted by atomic mass is 35.5. The number of carbonyl (C=O) groups is 1. The van der Waals surface area contributed by atoms with Crippen molar-refractivity contribution in [1.29, 1.82) is 0 Å². The summed E-state index contributed by atoms with van der Waals surface area (Å²) < 4.78 is 25.7. The summed E-state index contributed by atoms with van der Waals surface area (Å²) in [5.41, 5.74) is 6.82. The molecule has 1 amide bonds. The highest BCUT2D eigenvalue weighted by molar-refractivity contribution is 6.34. The van der Waals surface area contributed by atoms with Crippen molar-refractivity contribution in [3.8, 4) is 28.4 Å². The van der Waals surface area contributed by atoms with Gasteiger partial charge in [-0.05, 0) is 35.9 Å². The predicted octanol–water partition coefficient (Wildman–Crippen LogP) is 5.42. The first-order chi connectivity index (χ1) is 18.4. The Balaban J connectivity index is 1.46. The van der Waals surface area contributed by atoms with E-state index >= 15 is 0 Å². The second-order valence-electron chi connectivity index (χ2n) is 8.05. The molecule has 190 valence electrons. The molecular formula is C27H19ClFN5O4. The van der Waals surface area contributed by atoms with Crippen molar-refractivity contribution in [1.82, 2.24) is 15.0 Å². The summed E-state index contributed by atoms with van der Waals surface area (Å²) in [7, 11) is 1.57. The number of aromatic amines is 1. The topological polar surface area (TPSA) is 132 Å². The third-order valence-electron chi connectivity index (χ3n) is 5.70. The smallest absolute Gasteiger partial charge is 0.268 e. The molecule has 3 heterocycles. The Hall–Kier alpha value is -4.96. The Morgan fingerprint density at radius 1 is 1.05 bits per heavy atom. The van der Waals surface area contributed by atoms with Crippen molar-refractivity contribution in [2.45, 2.75) is 0 Å². The Kier molecular flexibility index (Phi) is 6.63. The number of nitrogens with one attached hydrogen (secondary N) is 2. The number of primary amides is 1. The quantitative estimate of drug-likeness (QED) is 0.255. The summed E-state index contributed by atoms with van der Waals surface area (Å²) >= 11 is 6.12. The number of anilines is 2. The zero-order valence-electron chi connectivity index (χ0n) is 19.8. The normalized spacial score (nSPS) is 10.8. The molecule has 3 aromatic heterocycles. The molecule has 9 nitrogen and oxygen atoms in total. The average Bonchev–Trinajstić information content (AvgIpc) is 2.91. The maximum absolute atomic E-state index is 15.0. The van der Waals surface area contributed by atoms with Gasteiger partial charge in [0.15, 0.2) is 11.6 Å². The van der Waals surface area contributed by atoms with Gasteiger partial charge in [0, 0.05) is 42.0 Å². The van der Waals surface area contributed by atoms with Gasteiger partial charge in [-0.3, -0.25) is 9.59 Å². The van der Waals surface area contributed by atoms with E-state index in [1.165, 1.54) is 30.6 Å². The number of rotatable bonds is 7. The first-order valence-electron chi connectivity index (χ1n) is 11.2. The molecule has 2 aromatic carbocycles. The van der Waals surface area contributed by atoms with Crippen LogP contribution in [0.15, 0.2) is 78.0 Å². The molecule has 0 aliphatic heterocycles. The highest BCUT2D eigenvalue weighted by Gasteiger charge is 2.17. The number of nitrogens with two attached hydrogens (primary N) is 1. The third kappa shape index (κ3) is 4.72. The zero-order chi connectivity index (χ0) is 26.8. The maximum atomic E-state index is 15.0. The summed E-state index contributed by atoms with van der Waals surface area (Å²) in [6, 6.07) is 14.3. The summed E-state index contributed by atoms with van der Waals surface area (Å²) in [5.74, 6) is -0.780. The third-order valence-corrected chi connectivity index (χ3v) is 6.06. The van der Waals surface area contributed by atoms with Gasteiger partial charge in [-0.25, -0.2) is 14.4 Å². The van der Waals surface area contributed by atoms with E-state index in [0.717, 1.165) is 0 Å². The largest absolute Gasteiger partial charge is 0.497 e. The van der Waals surface area contributed by atoms with Gasteiger partial charge >= 0.3 is 0 Å². The summed E-state index contributed by atoms with van der Waals surface area (Å²) in [6.07, 6.45) is 4.44. The summed E-state index contributed by atoms with van der Waals surface area (Å²) in [6.45, 7) is 0. The van der Waals surface area contributed by atoms with Crippen molar-refractivity contribution in [2.75, 3.05) is 12.4 Å². The Bertz CT molecular complexity index is 1740. The van der Waals surface area contributed by atoms with E-state index in [-0.39, 0.29) is 33.5 Å². The second-order valence-corrected chi connectivity index (χ2v) is 8.43. The fourth-order valence-electron chi connectivity index (χ4n) is 3.84. The van der Waals surface area contributed by atoms with Crippen LogP contribution in [0.4, 0.5) is 15.9 Å². The molecule has 0 saturated heterocycles. The van der Waals surface area contributed by atoms with Crippen LogP contribution in [0.2, 0.25) is 5.02 Å². The lowest BCUT2D eigenvalue weighted by Gasteiger charge is -2.12. The molecular weight excluding hydrogens is 513 g/mol. The number of fused-ring (bicyclic) bond motifs is 1. The molecule has 38 heavy (non-hydrogen) atoms. The molecule has 0 aliphatic carbocycles. The fraction of sp³-hybridized carbons (Fsp3) is 0.0370. The van der Waals surface area contributed by atoms with E-state index in [1.54, 1.807) is 49.7 Å². The number of methoxy groups -OCH3 is 1. The second kappa shape index (κ2) is 10.2. The summed E-state index contributed by atoms with van der Waals surface area (Å²) in [4.78, 5) is 36.1. The number of benzene rings is 2. The number of nitrogens with zero attached hydrogens (tertiary/aromatic N) is 2. The van der Waals surface area contributed by atoms with Gasteiger partial charge in [0.2, 0.25) is 5.43 Å². The molecule has 4 N–H and O–H groups in total. The average molecular weight is 532 g/mol. The number of carbonyl (C=O) groups excluding carboxylic acids is 1. The Morgan fingerprint density at radius 3 is 2.53 bits per heavy atom. The molecule has 0 atom stereocenters. The minimum atomic E-state index is -0.840. The van der Waals surface area contributed by atoms with Crippen LogP contribution < -0.4 is 26.0 Å². The number of hydrogen-bond donors (Lipinski definition) is 3. The molecule has 0 bridgehead atoms. The molecule has 0 spiro atoms. The number of amides is 1. The predicted molar refractivity (Wildman–Crippen MR) is 142 cm³/mol. The maximum Gasteiger partial charge on any atom is 0.268 e. The number of pyridine rings is 3. The van der Waals surface area contributed by atoms with E-state index in [9.17, 15) is 14.0 Å². The molecule has 0 aliphatic rings. The lowest BCUT2D eigenvalue weighted by molar-refractivity contribution is 0.0995. The van der Waals surface area contributed by atoms with Gasteiger partial charge < -0.3 is 25.5 Å². The SMILES string of the molecule is COc1ccc(-c2c[nH]c3ccnc(Nc4ccc(Oc5ccnc(C(N)=O)c5Cl)c(F)c4)c3c2=O)cc1.